The maximum absolute atomic E-state index is 14.2. The zero-order valence-corrected chi connectivity index (χ0v) is 12.6. The van der Waals surface area contributed by atoms with Gasteiger partial charge in [0.05, 0.1) is 0 Å². The molecular weight excluding hydrogens is 293 g/mol. The van der Waals surface area contributed by atoms with Crippen LogP contribution in [0.25, 0.3) is 11.1 Å². The maximum Gasteiger partial charge on any atom is 0.248 e. The van der Waals surface area contributed by atoms with Crippen molar-refractivity contribution in [3.8, 4) is 11.1 Å². The minimum Gasteiger partial charge on any atom is -0.366 e. The zero-order chi connectivity index (χ0) is 16.0. The van der Waals surface area contributed by atoms with E-state index < -0.39 is 11.9 Å². The zero-order valence-electron chi connectivity index (χ0n) is 12.6. The van der Waals surface area contributed by atoms with Gasteiger partial charge in [-0.05, 0) is 48.6 Å². The van der Waals surface area contributed by atoms with Crippen molar-refractivity contribution < 1.29 is 9.18 Å². The van der Waals surface area contributed by atoms with Crippen LogP contribution in [0.3, 0.4) is 0 Å². The highest BCUT2D eigenvalue weighted by molar-refractivity contribution is 5.93. The standard InChI is InChI=1S/C18H18FN3O/c19-17-15(10-1-3-11(4-2-10)18(20)23)7-12(9-21-17)14-8-13-5-6-16(14)22-13/h1-4,7,9,13-14,16,22H,5-6,8H2,(H2,20,23)/t13-,14+,16+/m0/s1. The fraction of sp³-hybridized carbons (Fsp3) is 0.333. The van der Waals surface area contributed by atoms with Crippen molar-refractivity contribution in [1.82, 2.24) is 10.3 Å². The van der Waals surface area contributed by atoms with Crippen molar-refractivity contribution in [2.75, 3.05) is 0 Å². The Kier molecular flexibility index (Phi) is 3.38. The number of aromatic nitrogens is 1. The average molecular weight is 311 g/mol. The number of benzene rings is 1. The number of pyridine rings is 1. The second-order valence-corrected chi connectivity index (χ2v) is 6.44. The molecule has 2 bridgehead atoms. The lowest BCUT2D eigenvalue weighted by molar-refractivity contribution is 0.100. The number of hydrogen-bond donors (Lipinski definition) is 2. The molecule has 1 aromatic carbocycles. The lowest BCUT2D eigenvalue weighted by atomic mass is 9.84. The number of amides is 1. The van der Waals surface area contributed by atoms with Crippen LogP contribution in [-0.4, -0.2) is 23.0 Å². The number of nitrogens with one attached hydrogen (secondary N) is 1. The van der Waals surface area contributed by atoms with E-state index in [1.807, 2.05) is 6.07 Å². The first-order valence-electron chi connectivity index (χ1n) is 7.93. The number of nitrogens with two attached hydrogens (primary N) is 1. The van der Waals surface area contributed by atoms with E-state index in [0.29, 0.717) is 34.7 Å². The summed E-state index contributed by atoms with van der Waals surface area (Å²) in [6.07, 6.45) is 5.16. The van der Waals surface area contributed by atoms with Crippen LogP contribution in [0.2, 0.25) is 0 Å². The number of nitrogens with zero attached hydrogens (tertiary/aromatic N) is 1. The number of fused-ring (bicyclic) bond motifs is 2. The molecule has 23 heavy (non-hydrogen) atoms. The van der Waals surface area contributed by atoms with E-state index in [4.69, 9.17) is 5.73 Å². The smallest absolute Gasteiger partial charge is 0.248 e. The van der Waals surface area contributed by atoms with Gasteiger partial charge in [-0.2, -0.15) is 4.39 Å². The molecule has 5 heteroatoms. The van der Waals surface area contributed by atoms with Gasteiger partial charge in [0, 0.05) is 35.3 Å². The van der Waals surface area contributed by atoms with Gasteiger partial charge >= 0.3 is 0 Å². The molecule has 4 rings (SSSR count). The number of rotatable bonds is 3. The third-order valence-electron chi connectivity index (χ3n) is 5.07. The maximum atomic E-state index is 14.2. The quantitative estimate of drug-likeness (QED) is 0.856. The second kappa shape index (κ2) is 5.42. The molecular formula is C18H18FN3O. The summed E-state index contributed by atoms with van der Waals surface area (Å²) in [6, 6.07) is 9.62. The molecule has 2 fully saturated rings. The fourth-order valence-corrected chi connectivity index (χ4v) is 3.88. The van der Waals surface area contributed by atoms with Crippen molar-refractivity contribution in [3.63, 3.8) is 0 Å². The molecule has 3 N–H and O–H groups in total. The SMILES string of the molecule is NC(=O)c1ccc(-c2cc([C@H]3C[C@@H]4CC[C@H]3N4)cnc2F)cc1. The largest absolute Gasteiger partial charge is 0.366 e. The Morgan fingerprint density at radius 1 is 1.26 bits per heavy atom. The summed E-state index contributed by atoms with van der Waals surface area (Å²) in [4.78, 5) is 15.1. The van der Waals surface area contributed by atoms with Crippen LogP contribution in [-0.2, 0) is 0 Å². The summed E-state index contributed by atoms with van der Waals surface area (Å²) in [5.74, 6) is -0.570. The van der Waals surface area contributed by atoms with Crippen LogP contribution in [0.1, 0.15) is 41.1 Å². The molecule has 4 nitrogen and oxygen atoms in total. The van der Waals surface area contributed by atoms with Gasteiger partial charge in [0.1, 0.15) is 0 Å². The Morgan fingerprint density at radius 2 is 2.04 bits per heavy atom. The van der Waals surface area contributed by atoms with E-state index in [-0.39, 0.29) is 0 Å². The van der Waals surface area contributed by atoms with E-state index in [1.165, 1.54) is 12.8 Å². The van der Waals surface area contributed by atoms with Crippen LogP contribution in [0, 0.1) is 5.95 Å². The number of hydrogen-bond acceptors (Lipinski definition) is 3. The summed E-state index contributed by atoms with van der Waals surface area (Å²) in [5, 5.41) is 3.60. The highest BCUT2D eigenvalue weighted by atomic mass is 19.1. The lowest BCUT2D eigenvalue weighted by Crippen LogP contribution is -2.21. The third kappa shape index (κ3) is 2.51. The monoisotopic (exact) mass is 311 g/mol. The fourth-order valence-electron chi connectivity index (χ4n) is 3.88. The van der Waals surface area contributed by atoms with Gasteiger partial charge < -0.3 is 11.1 Å². The Labute approximate surface area is 133 Å². The van der Waals surface area contributed by atoms with Gasteiger partial charge in [-0.25, -0.2) is 4.98 Å². The molecule has 3 atom stereocenters. The molecule has 2 saturated heterocycles. The normalized spacial score (nSPS) is 25.7. The Bertz CT molecular complexity index is 759. The number of carbonyl (C=O) groups is 1. The Hall–Kier alpha value is -2.27. The number of halogens is 1. The number of primary amides is 1. The first-order chi connectivity index (χ1) is 11.1. The van der Waals surface area contributed by atoms with Crippen molar-refractivity contribution >= 4 is 5.91 Å². The van der Waals surface area contributed by atoms with Crippen LogP contribution in [0.5, 0.6) is 0 Å². The van der Waals surface area contributed by atoms with E-state index in [2.05, 4.69) is 10.3 Å². The molecule has 0 radical (unpaired) electrons. The molecule has 2 aromatic rings. The van der Waals surface area contributed by atoms with Gasteiger partial charge in [0.15, 0.2) is 0 Å². The molecule has 0 spiro atoms. The lowest BCUT2D eigenvalue weighted by Gasteiger charge is -2.20. The van der Waals surface area contributed by atoms with E-state index in [9.17, 15) is 9.18 Å². The molecule has 0 saturated carbocycles. The van der Waals surface area contributed by atoms with Crippen molar-refractivity contribution in [2.45, 2.75) is 37.3 Å². The predicted octanol–water partition coefficient (Wildman–Crippen LogP) is 2.59. The first-order valence-corrected chi connectivity index (χ1v) is 7.93. The van der Waals surface area contributed by atoms with Crippen LogP contribution >= 0.6 is 0 Å². The van der Waals surface area contributed by atoms with Gasteiger partial charge in [0.25, 0.3) is 0 Å². The van der Waals surface area contributed by atoms with Crippen LogP contribution < -0.4 is 11.1 Å². The van der Waals surface area contributed by atoms with Gasteiger partial charge in [-0.1, -0.05) is 12.1 Å². The molecule has 2 aliphatic rings. The van der Waals surface area contributed by atoms with E-state index in [0.717, 1.165) is 12.0 Å². The number of carbonyl (C=O) groups excluding carboxylic acids is 1. The summed E-state index contributed by atoms with van der Waals surface area (Å²) in [7, 11) is 0. The van der Waals surface area contributed by atoms with Crippen molar-refractivity contribution in [2.24, 2.45) is 5.73 Å². The van der Waals surface area contributed by atoms with Crippen LogP contribution in [0.15, 0.2) is 36.5 Å². The minimum atomic E-state index is -0.489. The molecule has 0 aliphatic carbocycles. The molecule has 1 amide bonds. The first kappa shape index (κ1) is 14.3. The van der Waals surface area contributed by atoms with Gasteiger partial charge in [-0.3, -0.25) is 4.79 Å². The van der Waals surface area contributed by atoms with Gasteiger partial charge in [-0.15, -0.1) is 0 Å². The molecule has 2 aliphatic heterocycles. The van der Waals surface area contributed by atoms with E-state index >= 15 is 0 Å². The summed E-state index contributed by atoms with van der Waals surface area (Å²) in [6.45, 7) is 0. The molecule has 3 heterocycles. The Balaban J connectivity index is 1.68. The summed E-state index contributed by atoms with van der Waals surface area (Å²) < 4.78 is 14.2. The van der Waals surface area contributed by atoms with Gasteiger partial charge in [0.2, 0.25) is 11.9 Å². The van der Waals surface area contributed by atoms with Crippen molar-refractivity contribution in [1.29, 1.82) is 0 Å². The molecule has 0 unspecified atom stereocenters. The minimum absolute atomic E-state index is 0.408. The molecule has 118 valence electrons. The van der Waals surface area contributed by atoms with Crippen LogP contribution in [0.4, 0.5) is 4.39 Å². The topological polar surface area (TPSA) is 68.0 Å². The highest BCUT2D eigenvalue weighted by Crippen LogP contribution is 2.40. The Morgan fingerprint density at radius 3 is 2.65 bits per heavy atom. The summed E-state index contributed by atoms with van der Waals surface area (Å²) >= 11 is 0. The average Bonchev–Trinajstić information content (AvgIpc) is 3.18. The van der Waals surface area contributed by atoms with E-state index in [1.54, 1.807) is 30.5 Å². The highest BCUT2D eigenvalue weighted by Gasteiger charge is 2.39. The molecule has 1 aromatic heterocycles. The predicted molar refractivity (Wildman–Crippen MR) is 85.5 cm³/mol. The van der Waals surface area contributed by atoms with Crippen molar-refractivity contribution in [3.05, 3.63) is 53.6 Å². The third-order valence-corrected chi connectivity index (χ3v) is 5.07. The summed E-state index contributed by atoms with van der Waals surface area (Å²) in [5.41, 5.74) is 7.92. The second-order valence-electron chi connectivity index (χ2n) is 6.44.